The summed E-state index contributed by atoms with van der Waals surface area (Å²) in [5.41, 5.74) is 0.0229. The number of nitrogens with zero attached hydrogens (tertiary/aromatic N) is 1. The first-order chi connectivity index (χ1) is 14.9. The molecule has 0 aromatic carbocycles. The van der Waals surface area contributed by atoms with Crippen LogP contribution in [0.2, 0.25) is 0 Å². The van der Waals surface area contributed by atoms with Gasteiger partial charge in [0.1, 0.15) is 0 Å². The molecule has 3 nitrogen and oxygen atoms in total. The van der Waals surface area contributed by atoms with Crippen LogP contribution in [0.1, 0.15) is 116 Å². The fourth-order valence-electron chi connectivity index (χ4n) is 7.42. The minimum atomic E-state index is 0.0229. The average Bonchev–Trinajstić information content (AvgIpc) is 2.71. The molecule has 0 aliphatic heterocycles. The molecule has 0 atom stereocenters. The van der Waals surface area contributed by atoms with Gasteiger partial charge in [-0.1, -0.05) is 58.3 Å². The van der Waals surface area contributed by atoms with Crippen LogP contribution in [0.25, 0.3) is 0 Å². The molecule has 4 aliphatic carbocycles. The van der Waals surface area contributed by atoms with E-state index >= 15 is 0 Å². The van der Waals surface area contributed by atoms with E-state index in [1.165, 1.54) is 116 Å². The summed E-state index contributed by atoms with van der Waals surface area (Å²) in [5.74, 6) is 2.97. The fraction of sp³-hybridized carbons (Fsp3) is 0.964. The monoisotopic (exact) mass is 433 g/mol. The Hall–Kier alpha value is -0.570. The zero-order valence-electron chi connectivity index (χ0n) is 21.2. The number of rotatable bonds is 16. The Morgan fingerprint density at radius 2 is 1.19 bits per heavy atom. The van der Waals surface area contributed by atoms with Crippen LogP contribution < -0.4 is 5.32 Å². The quantitative estimate of drug-likeness (QED) is 0.213. The Labute approximate surface area is 193 Å². The maximum atomic E-state index is 13.1. The van der Waals surface area contributed by atoms with Gasteiger partial charge >= 0.3 is 0 Å². The zero-order valence-corrected chi connectivity index (χ0v) is 21.2. The van der Waals surface area contributed by atoms with Crippen molar-refractivity contribution in [3.63, 3.8) is 0 Å². The van der Waals surface area contributed by atoms with Crippen LogP contribution in [0.5, 0.6) is 0 Å². The standard InChI is InChI=1S/C28H52N2O/c1-4-5-6-7-8-9-10-11-12-13-16-30(2,3)17-14-15-29-27(31)28-21-24-18-25(22-28)20-26(19-24)23-28/h24-26H,4-23H2,1-3H3/p+1. The van der Waals surface area contributed by atoms with Crippen molar-refractivity contribution in [3.05, 3.63) is 0 Å². The Kier molecular flexibility index (Phi) is 9.74. The molecule has 4 rings (SSSR count). The van der Waals surface area contributed by atoms with Gasteiger partial charge in [-0.05, 0) is 69.1 Å². The minimum absolute atomic E-state index is 0.0229. The van der Waals surface area contributed by atoms with E-state index in [0.717, 1.165) is 35.2 Å². The third-order valence-corrected chi connectivity index (χ3v) is 8.86. The third-order valence-electron chi connectivity index (χ3n) is 8.86. The van der Waals surface area contributed by atoms with Crippen LogP contribution in [0, 0.1) is 23.2 Å². The summed E-state index contributed by atoms with van der Waals surface area (Å²) in [7, 11) is 4.74. The maximum Gasteiger partial charge on any atom is 0.226 e. The zero-order chi connectivity index (χ0) is 22.2. The summed E-state index contributed by atoms with van der Waals surface area (Å²) < 4.78 is 1.10. The summed E-state index contributed by atoms with van der Waals surface area (Å²) in [4.78, 5) is 13.1. The molecule has 0 aromatic rings. The summed E-state index contributed by atoms with van der Waals surface area (Å²) >= 11 is 0. The molecule has 4 bridgehead atoms. The first-order valence-electron chi connectivity index (χ1n) is 14.0. The van der Waals surface area contributed by atoms with Crippen molar-refractivity contribution in [3.8, 4) is 0 Å². The van der Waals surface area contributed by atoms with Crippen molar-refractivity contribution < 1.29 is 9.28 Å². The Bertz CT molecular complexity index is 506. The Balaban J connectivity index is 1.21. The maximum absolute atomic E-state index is 13.1. The number of unbranched alkanes of at least 4 members (excludes halogenated alkanes) is 9. The van der Waals surface area contributed by atoms with Crippen LogP contribution in [-0.2, 0) is 4.79 Å². The second-order valence-corrected chi connectivity index (χ2v) is 12.4. The molecule has 0 aromatic heterocycles. The third kappa shape index (κ3) is 7.76. The van der Waals surface area contributed by atoms with Crippen molar-refractivity contribution in [1.29, 1.82) is 0 Å². The highest BCUT2D eigenvalue weighted by molar-refractivity contribution is 5.83. The highest BCUT2D eigenvalue weighted by Crippen LogP contribution is 2.60. The van der Waals surface area contributed by atoms with Gasteiger partial charge in [-0.2, -0.15) is 0 Å². The van der Waals surface area contributed by atoms with Crippen molar-refractivity contribution in [2.75, 3.05) is 33.7 Å². The number of amides is 1. The smallest absolute Gasteiger partial charge is 0.226 e. The molecule has 31 heavy (non-hydrogen) atoms. The van der Waals surface area contributed by atoms with Gasteiger partial charge in [0.2, 0.25) is 5.91 Å². The van der Waals surface area contributed by atoms with Gasteiger partial charge in [0.05, 0.1) is 27.2 Å². The highest BCUT2D eigenvalue weighted by Gasteiger charge is 2.54. The molecule has 4 fully saturated rings. The van der Waals surface area contributed by atoms with Gasteiger partial charge in [-0.15, -0.1) is 0 Å². The second-order valence-electron chi connectivity index (χ2n) is 12.4. The van der Waals surface area contributed by atoms with Gasteiger partial charge in [0.15, 0.2) is 0 Å². The number of quaternary nitrogens is 1. The molecule has 0 unspecified atom stereocenters. The lowest BCUT2D eigenvalue weighted by molar-refractivity contribution is -0.890. The molecule has 1 amide bonds. The van der Waals surface area contributed by atoms with Crippen LogP contribution >= 0.6 is 0 Å². The first-order valence-corrected chi connectivity index (χ1v) is 14.0. The number of carbonyl (C=O) groups excluding carboxylic acids is 1. The summed E-state index contributed by atoms with van der Waals surface area (Å²) in [6, 6.07) is 0. The van der Waals surface area contributed by atoms with Gasteiger partial charge in [0.25, 0.3) is 0 Å². The van der Waals surface area contributed by atoms with Gasteiger partial charge in [-0.25, -0.2) is 0 Å². The van der Waals surface area contributed by atoms with Crippen molar-refractivity contribution in [2.24, 2.45) is 23.2 Å². The van der Waals surface area contributed by atoms with E-state index in [2.05, 4.69) is 26.3 Å². The van der Waals surface area contributed by atoms with E-state index < -0.39 is 0 Å². The van der Waals surface area contributed by atoms with Crippen LogP contribution in [0.15, 0.2) is 0 Å². The average molecular weight is 434 g/mol. The SMILES string of the molecule is CCCCCCCCCCCC[N+](C)(C)CCCNC(=O)C12CC3CC(CC(C3)C1)C2. The molecule has 3 heteroatoms. The molecular weight excluding hydrogens is 380 g/mol. The van der Waals surface area contributed by atoms with E-state index in [-0.39, 0.29) is 5.41 Å². The molecule has 0 radical (unpaired) electrons. The van der Waals surface area contributed by atoms with Gasteiger partial charge in [0, 0.05) is 18.4 Å². The predicted octanol–water partition coefficient (Wildman–Crippen LogP) is 6.71. The predicted molar refractivity (Wildman–Crippen MR) is 132 cm³/mol. The van der Waals surface area contributed by atoms with E-state index in [1.807, 2.05) is 0 Å². The highest BCUT2D eigenvalue weighted by atomic mass is 16.2. The van der Waals surface area contributed by atoms with Crippen molar-refractivity contribution in [2.45, 2.75) is 116 Å². The summed E-state index contributed by atoms with van der Waals surface area (Å²) in [5, 5.41) is 3.37. The fourth-order valence-corrected chi connectivity index (χ4v) is 7.42. The molecule has 0 spiro atoms. The molecule has 0 saturated heterocycles. The molecular formula is C28H53N2O+. The van der Waals surface area contributed by atoms with Crippen molar-refractivity contribution >= 4 is 5.91 Å². The number of hydrogen-bond donors (Lipinski definition) is 1. The van der Waals surface area contributed by atoms with Gasteiger partial charge in [-0.3, -0.25) is 4.79 Å². The lowest BCUT2D eigenvalue weighted by atomic mass is 9.49. The van der Waals surface area contributed by atoms with E-state index in [9.17, 15) is 4.79 Å². The first kappa shape index (κ1) is 25.1. The van der Waals surface area contributed by atoms with E-state index in [0.29, 0.717) is 5.91 Å². The topological polar surface area (TPSA) is 29.1 Å². The normalized spacial score (nSPS) is 29.5. The Morgan fingerprint density at radius 1 is 0.742 bits per heavy atom. The number of hydrogen-bond acceptors (Lipinski definition) is 1. The van der Waals surface area contributed by atoms with Crippen molar-refractivity contribution in [1.82, 2.24) is 5.32 Å². The van der Waals surface area contributed by atoms with Crippen LogP contribution in [-0.4, -0.2) is 44.1 Å². The molecule has 1 N–H and O–H groups in total. The van der Waals surface area contributed by atoms with Crippen LogP contribution in [0.4, 0.5) is 0 Å². The Morgan fingerprint density at radius 3 is 1.71 bits per heavy atom. The van der Waals surface area contributed by atoms with Crippen LogP contribution in [0.3, 0.4) is 0 Å². The lowest BCUT2D eigenvalue weighted by Crippen LogP contribution is -2.54. The number of carbonyl (C=O) groups is 1. The van der Waals surface area contributed by atoms with Gasteiger partial charge < -0.3 is 9.80 Å². The molecule has 4 saturated carbocycles. The second kappa shape index (κ2) is 12.1. The molecule has 0 heterocycles. The number of nitrogens with one attached hydrogen (secondary N) is 1. The summed E-state index contributed by atoms with van der Waals surface area (Å²) in [6.45, 7) is 5.62. The largest absolute Gasteiger partial charge is 0.355 e. The lowest BCUT2D eigenvalue weighted by Gasteiger charge is -2.55. The molecule has 180 valence electrons. The van der Waals surface area contributed by atoms with E-state index in [4.69, 9.17) is 0 Å². The molecule has 4 aliphatic rings. The summed E-state index contributed by atoms with van der Waals surface area (Å²) in [6.07, 6.45) is 23.0. The van der Waals surface area contributed by atoms with E-state index in [1.54, 1.807) is 0 Å². The minimum Gasteiger partial charge on any atom is -0.355 e.